The molecule has 7 nitrogen and oxygen atoms in total. The van der Waals surface area contributed by atoms with E-state index in [1.807, 2.05) is 32.0 Å². The zero-order chi connectivity index (χ0) is 19.2. The fourth-order valence-corrected chi connectivity index (χ4v) is 2.56. The molecule has 0 radical (unpaired) electrons. The molecule has 0 saturated carbocycles. The summed E-state index contributed by atoms with van der Waals surface area (Å²) in [7, 11) is 0. The molecule has 3 N–H and O–H groups in total. The SMILES string of the molecule is CC(C)OCCOc1nccc2cc(NC(=O)c3ncccc3N)ccc12. The first-order valence-corrected chi connectivity index (χ1v) is 8.69. The predicted molar refractivity (Wildman–Crippen MR) is 105 cm³/mol. The number of anilines is 2. The van der Waals surface area contributed by atoms with Crippen LogP contribution in [0, 0.1) is 0 Å². The van der Waals surface area contributed by atoms with Crippen LogP contribution in [0.1, 0.15) is 24.3 Å². The maximum absolute atomic E-state index is 12.4. The zero-order valence-corrected chi connectivity index (χ0v) is 15.3. The normalized spacial score (nSPS) is 10.9. The number of carbonyl (C=O) groups is 1. The molecule has 1 amide bonds. The summed E-state index contributed by atoms with van der Waals surface area (Å²) in [4.78, 5) is 20.7. The molecule has 1 aromatic carbocycles. The van der Waals surface area contributed by atoms with Gasteiger partial charge in [0.1, 0.15) is 6.61 Å². The van der Waals surface area contributed by atoms with Crippen molar-refractivity contribution in [2.45, 2.75) is 20.0 Å². The van der Waals surface area contributed by atoms with Crippen LogP contribution in [0.15, 0.2) is 48.8 Å². The Morgan fingerprint density at radius 1 is 1.15 bits per heavy atom. The maximum atomic E-state index is 12.4. The van der Waals surface area contributed by atoms with Crippen LogP contribution >= 0.6 is 0 Å². The van der Waals surface area contributed by atoms with Gasteiger partial charge in [0.15, 0.2) is 5.69 Å². The number of nitrogen functional groups attached to an aromatic ring is 1. The Kier molecular flexibility index (Phi) is 5.83. The minimum atomic E-state index is -0.358. The molecule has 0 bridgehead atoms. The van der Waals surface area contributed by atoms with Crippen molar-refractivity contribution in [3.63, 3.8) is 0 Å². The van der Waals surface area contributed by atoms with E-state index >= 15 is 0 Å². The highest BCUT2D eigenvalue weighted by Gasteiger charge is 2.12. The monoisotopic (exact) mass is 366 g/mol. The van der Waals surface area contributed by atoms with Gasteiger partial charge in [-0.05, 0) is 55.6 Å². The van der Waals surface area contributed by atoms with Gasteiger partial charge in [0.2, 0.25) is 5.88 Å². The summed E-state index contributed by atoms with van der Waals surface area (Å²) in [5.41, 5.74) is 6.97. The Labute approximate surface area is 157 Å². The first-order valence-electron chi connectivity index (χ1n) is 8.69. The van der Waals surface area contributed by atoms with Crippen LogP contribution in [0.25, 0.3) is 10.8 Å². The van der Waals surface area contributed by atoms with Gasteiger partial charge in [-0.2, -0.15) is 0 Å². The lowest BCUT2D eigenvalue weighted by molar-refractivity contribution is 0.0546. The van der Waals surface area contributed by atoms with E-state index in [0.717, 1.165) is 10.8 Å². The van der Waals surface area contributed by atoms with Crippen molar-refractivity contribution in [2.75, 3.05) is 24.3 Å². The lowest BCUT2D eigenvalue weighted by atomic mass is 10.1. The average Bonchev–Trinajstić information content (AvgIpc) is 2.65. The molecule has 0 aliphatic heterocycles. The number of hydrogen-bond donors (Lipinski definition) is 2. The Morgan fingerprint density at radius 2 is 2.00 bits per heavy atom. The van der Waals surface area contributed by atoms with E-state index < -0.39 is 0 Å². The number of pyridine rings is 2. The number of fused-ring (bicyclic) bond motifs is 1. The number of amides is 1. The van der Waals surface area contributed by atoms with Gasteiger partial charge >= 0.3 is 0 Å². The topological polar surface area (TPSA) is 99.4 Å². The summed E-state index contributed by atoms with van der Waals surface area (Å²) in [6.45, 7) is 4.87. The standard InChI is InChI=1S/C20H22N4O3/c1-13(2)26-10-11-27-20-16-6-5-15(12-14(16)7-9-23-20)24-19(25)18-17(21)4-3-8-22-18/h3-9,12-13H,10-11,21H2,1-2H3,(H,24,25). The molecule has 0 fully saturated rings. The summed E-state index contributed by atoms with van der Waals surface area (Å²) >= 11 is 0. The van der Waals surface area contributed by atoms with E-state index in [1.165, 1.54) is 6.20 Å². The molecule has 2 aromatic heterocycles. The highest BCUT2D eigenvalue weighted by atomic mass is 16.5. The number of ether oxygens (including phenoxy) is 2. The molecule has 27 heavy (non-hydrogen) atoms. The first-order chi connectivity index (χ1) is 13.0. The molecule has 3 rings (SSSR count). The predicted octanol–water partition coefficient (Wildman–Crippen LogP) is 3.27. The van der Waals surface area contributed by atoms with E-state index in [-0.39, 0.29) is 17.7 Å². The Bertz CT molecular complexity index is 943. The smallest absolute Gasteiger partial charge is 0.276 e. The summed E-state index contributed by atoms with van der Waals surface area (Å²) in [5, 5.41) is 4.57. The van der Waals surface area contributed by atoms with Crippen molar-refractivity contribution in [3.05, 3.63) is 54.5 Å². The molecule has 0 aliphatic carbocycles. The average molecular weight is 366 g/mol. The van der Waals surface area contributed by atoms with Gasteiger partial charge in [-0.3, -0.25) is 4.79 Å². The number of nitrogens with one attached hydrogen (secondary N) is 1. The van der Waals surface area contributed by atoms with E-state index in [1.54, 1.807) is 24.4 Å². The molecule has 0 aliphatic rings. The van der Waals surface area contributed by atoms with E-state index in [2.05, 4.69) is 15.3 Å². The number of rotatable bonds is 7. The second kappa shape index (κ2) is 8.46. The van der Waals surface area contributed by atoms with Gasteiger partial charge in [-0.15, -0.1) is 0 Å². The number of nitrogens with two attached hydrogens (primary N) is 1. The fourth-order valence-electron chi connectivity index (χ4n) is 2.56. The van der Waals surface area contributed by atoms with Gasteiger partial charge in [0.05, 0.1) is 18.4 Å². The van der Waals surface area contributed by atoms with Crippen molar-refractivity contribution in [2.24, 2.45) is 0 Å². The quantitative estimate of drug-likeness (QED) is 0.623. The number of nitrogens with zero attached hydrogens (tertiary/aromatic N) is 2. The minimum Gasteiger partial charge on any atom is -0.475 e. The fraction of sp³-hybridized carbons (Fsp3) is 0.250. The number of hydrogen-bond acceptors (Lipinski definition) is 6. The first kappa shape index (κ1) is 18.6. The third-order valence-corrected chi connectivity index (χ3v) is 3.81. The molecule has 7 heteroatoms. The number of carbonyl (C=O) groups excluding carboxylic acids is 1. The van der Waals surface area contributed by atoms with Gasteiger partial charge in [-0.25, -0.2) is 9.97 Å². The van der Waals surface area contributed by atoms with Gasteiger partial charge in [0.25, 0.3) is 5.91 Å². The third kappa shape index (κ3) is 4.71. The maximum Gasteiger partial charge on any atom is 0.276 e. The van der Waals surface area contributed by atoms with Gasteiger partial charge < -0.3 is 20.5 Å². The van der Waals surface area contributed by atoms with Crippen molar-refractivity contribution in [1.82, 2.24) is 9.97 Å². The summed E-state index contributed by atoms with van der Waals surface area (Å²) in [6.07, 6.45) is 3.36. The van der Waals surface area contributed by atoms with E-state index in [9.17, 15) is 4.79 Å². The van der Waals surface area contributed by atoms with Crippen LogP contribution in [-0.2, 0) is 4.74 Å². The zero-order valence-electron chi connectivity index (χ0n) is 15.3. The highest BCUT2D eigenvalue weighted by Crippen LogP contribution is 2.26. The van der Waals surface area contributed by atoms with Crippen LogP contribution in [-0.4, -0.2) is 35.2 Å². The van der Waals surface area contributed by atoms with Crippen LogP contribution in [0.3, 0.4) is 0 Å². The molecule has 140 valence electrons. The van der Waals surface area contributed by atoms with Crippen LogP contribution in [0.5, 0.6) is 5.88 Å². The molecular formula is C20H22N4O3. The van der Waals surface area contributed by atoms with Gasteiger partial charge in [0, 0.05) is 23.5 Å². The molecule has 0 spiro atoms. The minimum absolute atomic E-state index is 0.161. The number of aromatic nitrogens is 2. The van der Waals surface area contributed by atoms with E-state index in [0.29, 0.717) is 30.5 Å². The summed E-state index contributed by atoms with van der Waals surface area (Å²) in [5.74, 6) is 0.176. The molecule has 2 heterocycles. The largest absolute Gasteiger partial charge is 0.475 e. The molecular weight excluding hydrogens is 344 g/mol. The Balaban J connectivity index is 1.74. The molecule has 0 saturated heterocycles. The summed E-state index contributed by atoms with van der Waals surface area (Å²) in [6, 6.07) is 10.7. The van der Waals surface area contributed by atoms with Crippen LogP contribution in [0.2, 0.25) is 0 Å². The molecule has 3 aromatic rings. The third-order valence-electron chi connectivity index (χ3n) is 3.81. The summed E-state index contributed by atoms with van der Waals surface area (Å²) < 4.78 is 11.2. The number of benzene rings is 1. The lowest BCUT2D eigenvalue weighted by Crippen LogP contribution is -2.15. The van der Waals surface area contributed by atoms with Crippen molar-refractivity contribution >= 4 is 28.1 Å². The van der Waals surface area contributed by atoms with Crippen LogP contribution < -0.4 is 15.8 Å². The lowest BCUT2D eigenvalue weighted by Gasteiger charge is -2.11. The second-order valence-electron chi connectivity index (χ2n) is 6.22. The van der Waals surface area contributed by atoms with Crippen molar-refractivity contribution in [1.29, 1.82) is 0 Å². The Hall–Kier alpha value is -3.19. The molecule has 0 atom stereocenters. The van der Waals surface area contributed by atoms with Gasteiger partial charge in [-0.1, -0.05) is 0 Å². The van der Waals surface area contributed by atoms with Crippen molar-refractivity contribution in [3.8, 4) is 5.88 Å². The Morgan fingerprint density at radius 3 is 2.78 bits per heavy atom. The van der Waals surface area contributed by atoms with Crippen molar-refractivity contribution < 1.29 is 14.3 Å². The highest BCUT2D eigenvalue weighted by molar-refractivity contribution is 6.07. The second-order valence-corrected chi connectivity index (χ2v) is 6.22. The van der Waals surface area contributed by atoms with E-state index in [4.69, 9.17) is 15.2 Å². The molecule has 0 unspecified atom stereocenters. The van der Waals surface area contributed by atoms with Crippen LogP contribution in [0.4, 0.5) is 11.4 Å².